The summed E-state index contributed by atoms with van der Waals surface area (Å²) in [7, 11) is 3.58. The summed E-state index contributed by atoms with van der Waals surface area (Å²) in [6.07, 6.45) is 0. The van der Waals surface area contributed by atoms with Gasteiger partial charge in [-0.15, -0.1) is 0 Å². The van der Waals surface area contributed by atoms with Crippen LogP contribution in [0.5, 0.6) is 0 Å². The van der Waals surface area contributed by atoms with Crippen LogP contribution in [0.1, 0.15) is 19.5 Å². The molecule has 0 fully saturated rings. The summed E-state index contributed by atoms with van der Waals surface area (Å²) < 4.78 is 1.63. The van der Waals surface area contributed by atoms with Gasteiger partial charge in [-0.1, -0.05) is 0 Å². The molecule has 0 bridgehead atoms. The van der Waals surface area contributed by atoms with Crippen molar-refractivity contribution in [1.82, 2.24) is 14.7 Å². The van der Waals surface area contributed by atoms with Gasteiger partial charge in [0.15, 0.2) is 0 Å². The SMILES string of the molecule is Cc1cc(NC(=O)CN(C)CC(C)(C)O)n(C)n1. The molecule has 0 aliphatic carbocycles. The molecule has 0 saturated carbocycles. The molecule has 0 unspecified atom stereocenters. The van der Waals surface area contributed by atoms with Gasteiger partial charge < -0.3 is 10.4 Å². The molecule has 18 heavy (non-hydrogen) atoms. The fourth-order valence-electron chi connectivity index (χ4n) is 1.87. The molecular weight excluding hydrogens is 232 g/mol. The summed E-state index contributed by atoms with van der Waals surface area (Å²) >= 11 is 0. The Hall–Kier alpha value is -1.40. The van der Waals surface area contributed by atoms with Gasteiger partial charge >= 0.3 is 0 Å². The summed E-state index contributed by atoms with van der Waals surface area (Å²) in [5.74, 6) is 0.555. The van der Waals surface area contributed by atoms with Crippen molar-refractivity contribution >= 4 is 11.7 Å². The van der Waals surface area contributed by atoms with Crippen LogP contribution in [0.2, 0.25) is 0 Å². The number of aliphatic hydroxyl groups is 1. The molecule has 0 radical (unpaired) electrons. The van der Waals surface area contributed by atoms with Crippen LogP contribution in [0.25, 0.3) is 0 Å². The summed E-state index contributed by atoms with van der Waals surface area (Å²) in [5, 5.41) is 16.6. The fourth-order valence-corrected chi connectivity index (χ4v) is 1.87. The predicted molar refractivity (Wildman–Crippen MR) is 70.4 cm³/mol. The van der Waals surface area contributed by atoms with Crippen LogP contribution in [0.3, 0.4) is 0 Å². The van der Waals surface area contributed by atoms with Crippen molar-refractivity contribution in [1.29, 1.82) is 0 Å². The molecule has 1 rings (SSSR count). The zero-order valence-corrected chi connectivity index (χ0v) is 11.7. The zero-order valence-electron chi connectivity index (χ0n) is 11.7. The number of hydrogen-bond acceptors (Lipinski definition) is 4. The second-order valence-electron chi connectivity index (χ2n) is 5.33. The van der Waals surface area contributed by atoms with E-state index in [0.29, 0.717) is 12.4 Å². The number of carbonyl (C=O) groups excluding carboxylic acids is 1. The summed E-state index contributed by atoms with van der Waals surface area (Å²) in [5.41, 5.74) is 0.0515. The number of anilines is 1. The van der Waals surface area contributed by atoms with Gasteiger partial charge in [0.1, 0.15) is 5.82 Å². The first-order chi connectivity index (χ1) is 8.17. The lowest BCUT2D eigenvalue weighted by molar-refractivity contribution is -0.117. The monoisotopic (exact) mass is 254 g/mol. The first-order valence-corrected chi connectivity index (χ1v) is 5.89. The molecule has 0 atom stereocenters. The van der Waals surface area contributed by atoms with E-state index in [1.165, 1.54) is 0 Å². The van der Waals surface area contributed by atoms with Crippen LogP contribution in [-0.4, -0.2) is 51.4 Å². The van der Waals surface area contributed by atoms with Gasteiger partial charge in [-0.3, -0.25) is 14.4 Å². The lowest BCUT2D eigenvalue weighted by atomic mass is 10.1. The number of nitrogens with one attached hydrogen (secondary N) is 1. The largest absolute Gasteiger partial charge is 0.389 e. The Bertz CT molecular complexity index is 420. The lowest BCUT2D eigenvalue weighted by Crippen LogP contribution is -2.40. The Labute approximate surface area is 108 Å². The highest BCUT2D eigenvalue weighted by Crippen LogP contribution is 2.08. The molecule has 1 aromatic rings. The molecular formula is C12H22N4O2. The average Bonchev–Trinajstić information content (AvgIpc) is 2.40. The van der Waals surface area contributed by atoms with E-state index in [9.17, 15) is 9.90 Å². The molecule has 1 heterocycles. The van der Waals surface area contributed by atoms with Crippen LogP contribution in [0, 0.1) is 6.92 Å². The lowest BCUT2D eigenvalue weighted by Gasteiger charge is -2.24. The van der Waals surface area contributed by atoms with E-state index in [4.69, 9.17) is 0 Å². The van der Waals surface area contributed by atoms with E-state index < -0.39 is 5.60 Å². The molecule has 6 nitrogen and oxygen atoms in total. The van der Waals surface area contributed by atoms with Crippen LogP contribution >= 0.6 is 0 Å². The van der Waals surface area contributed by atoms with Gasteiger partial charge in [-0.2, -0.15) is 5.10 Å². The molecule has 0 spiro atoms. The van der Waals surface area contributed by atoms with Gasteiger partial charge in [0.2, 0.25) is 5.91 Å². The molecule has 0 aliphatic rings. The summed E-state index contributed by atoms with van der Waals surface area (Å²) in [6, 6.07) is 1.81. The first kappa shape index (κ1) is 14.7. The van der Waals surface area contributed by atoms with Gasteiger partial charge in [0, 0.05) is 19.7 Å². The number of amides is 1. The smallest absolute Gasteiger partial charge is 0.239 e. The van der Waals surface area contributed by atoms with Gasteiger partial charge in [-0.05, 0) is 27.8 Å². The topological polar surface area (TPSA) is 70.4 Å². The Balaban J connectivity index is 2.49. The average molecular weight is 254 g/mol. The second kappa shape index (κ2) is 5.49. The van der Waals surface area contributed by atoms with Crippen molar-refractivity contribution < 1.29 is 9.90 Å². The third kappa shape index (κ3) is 4.85. The fraction of sp³-hybridized carbons (Fsp3) is 0.667. The van der Waals surface area contributed by atoms with Gasteiger partial charge in [0.25, 0.3) is 0 Å². The third-order valence-electron chi connectivity index (χ3n) is 2.34. The Morgan fingerprint density at radius 1 is 1.61 bits per heavy atom. The number of hydrogen-bond donors (Lipinski definition) is 2. The number of carbonyl (C=O) groups is 1. The van der Waals surface area contributed by atoms with E-state index in [0.717, 1.165) is 5.69 Å². The van der Waals surface area contributed by atoms with Crippen LogP contribution in [0.4, 0.5) is 5.82 Å². The van der Waals surface area contributed by atoms with Gasteiger partial charge in [-0.25, -0.2) is 0 Å². The number of nitrogens with zero attached hydrogens (tertiary/aromatic N) is 3. The molecule has 1 amide bonds. The molecule has 0 aliphatic heterocycles. The van der Waals surface area contributed by atoms with Crippen molar-refractivity contribution in [3.05, 3.63) is 11.8 Å². The summed E-state index contributed by atoms with van der Waals surface area (Å²) in [6.45, 7) is 5.97. The molecule has 0 aromatic carbocycles. The zero-order chi connectivity index (χ0) is 13.9. The van der Waals surface area contributed by atoms with E-state index in [1.54, 1.807) is 37.5 Å². The number of aryl methyl sites for hydroxylation is 2. The van der Waals surface area contributed by atoms with Crippen molar-refractivity contribution in [3.63, 3.8) is 0 Å². The molecule has 6 heteroatoms. The van der Waals surface area contributed by atoms with Crippen LogP contribution in [0.15, 0.2) is 6.07 Å². The highest BCUT2D eigenvalue weighted by molar-refractivity contribution is 5.91. The van der Waals surface area contributed by atoms with E-state index in [1.807, 2.05) is 13.0 Å². The minimum atomic E-state index is -0.807. The Morgan fingerprint density at radius 3 is 2.67 bits per heavy atom. The van der Waals surface area contributed by atoms with Crippen LogP contribution in [-0.2, 0) is 11.8 Å². The highest BCUT2D eigenvalue weighted by Gasteiger charge is 2.17. The molecule has 102 valence electrons. The van der Waals surface area contributed by atoms with Crippen molar-refractivity contribution in [3.8, 4) is 0 Å². The van der Waals surface area contributed by atoms with Gasteiger partial charge in [0.05, 0.1) is 17.8 Å². The Kier molecular flexibility index (Phi) is 4.48. The highest BCUT2D eigenvalue weighted by atomic mass is 16.3. The van der Waals surface area contributed by atoms with Crippen molar-refractivity contribution in [2.75, 3.05) is 25.5 Å². The van der Waals surface area contributed by atoms with E-state index >= 15 is 0 Å². The maximum absolute atomic E-state index is 11.8. The number of likely N-dealkylation sites (N-methyl/N-ethyl adjacent to an activating group) is 1. The predicted octanol–water partition coefficient (Wildman–Crippen LogP) is 0.370. The third-order valence-corrected chi connectivity index (χ3v) is 2.34. The standard InChI is InChI=1S/C12H22N4O2/c1-9-6-10(16(5)14-9)13-11(17)7-15(4)8-12(2,3)18/h6,18H,7-8H2,1-5H3,(H,13,17). The molecule has 0 saturated heterocycles. The van der Waals surface area contributed by atoms with Crippen molar-refractivity contribution in [2.24, 2.45) is 7.05 Å². The van der Waals surface area contributed by atoms with E-state index in [-0.39, 0.29) is 12.5 Å². The van der Waals surface area contributed by atoms with Crippen molar-refractivity contribution in [2.45, 2.75) is 26.4 Å². The molecule has 1 aromatic heterocycles. The summed E-state index contributed by atoms with van der Waals surface area (Å²) in [4.78, 5) is 13.6. The maximum Gasteiger partial charge on any atom is 0.239 e. The maximum atomic E-state index is 11.8. The number of aromatic nitrogens is 2. The van der Waals surface area contributed by atoms with E-state index in [2.05, 4.69) is 10.4 Å². The second-order valence-corrected chi connectivity index (χ2v) is 5.33. The first-order valence-electron chi connectivity index (χ1n) is 5.89. The van der Waals surface area contributed by atoms with Crippen LogP contribution < -0.4 is 5.32 Å². The minimum Gasteiger partial charge on any atom is -0.389 e. The molecule has 2 N–H and O–H groups in total. The number of rotatable bonds is 5. The minimum absolute atomic E-state index is 0.121. The normalized spacial score (nSPS) is 11.9. The quantitative estimate of drug-likeness (QED) is 0.796. The Morgan fingerprint density at radius 2 is 2.22 bits per heavy atom.